The van der Waals surface area contributed by atoms with E-state index in [1.807, 2.05) is 0 Å². The molecule has 0 aliphatic heterocycles. The van der Waals surface area contributed by atoms with Gasteiger partial charge in [0.15, 0.2) is 0 Å². The van der Waals surface area contributed by atoms with Crippen molar-refractivity contribution in [3.8, 4) is 0 Å². The minimum absolute atomic E-state index is 0.121. The van der Waals surface area contributed by atoms with Gasteiger partial charge in [-0.25, -0.2) is 0 Å². The molecule has 72 valence electrons. The Morgan fingerprint density at radius 2 is 1.17 bits per heavy atom. The van der Waals surface area contributed by atoms with Gasteiger partial charge in [0.1, 0.15) is 0 Å². The Morgan fingerprint density at radius 1 is 0.833 bits per heavy atom. The van der Waals surface area contributed by atoms with Gasteiger partial charge in [0, 0.05) is 23.8 Å². The van der Waals surface area contributed by atoms with E-state index < -0.39 is 0 Å². The molecule has 0 bridgehead atoms. The van der Waals surface area contributed by atoms with Gasteiger partial charge >= 0.3 is 0 Å². The molecule has 5 unspecified atom stereocenters. The highest BCUT2D eigenvalue weighted by Gasteiger charge is 2.40. The van der Waals surface area contributed by atoms with E-state index in [1.165, 1.54) is 0 Å². The standard InChI is InChI=1S/C8H20N3P/c1-3-5(9)4(2)7(11)8(12)6(3)10/h3-8H,9-12H2,1-2H3. The smallest absolute Gasteiger partial charge is 0.0158 e. The SMILES string of the molecule is CC1C(N)C(C)C(N)C(P)C1N. The van der Waals surface area contributed by atoms with Crippen LogP contribution in [0.25, 0.3) is 0 Å². The molecule has 5 atom stereocenters. The van der Waals surface area contributed by atoms with Crippen LogP contribution in [0.1, 0.15) is 13.8 Å². The van der Waals surface area contributed by atoms with E-state index in [4.69, 9.17) is 17.2 Å². The van der Waals surface area contributed by atoms with Crippen LogP contribution in [0.4, 0.5) is 0 Å². The van der Waals surface area contributed by atoms with E-state index in [9.17, 15) is 0 Å². The quantitative estimate of drug-likeness (QED) is 0.449. The van der Waals surface area contributed by atoms with Crippen molar-refractivity contribution < 1.29 is 0 Å². The zero-order valence-electron chi connectivity index (χ0n) is 7.77. The first-order chi connectivity index (χ1) is 5.46. The van der Waals surface area contributed by atoms with Gasteiger partial charge in [0.05, 0.1) is 0 Å². The normalized spacial score (nSPS) is 55.5. The van der Waals surface area contributed by atoms with Crippen molar-refractivity contribution in [2.45, 2.75) is 37.6 Å². The number of nitrogens with two attached hydrogens (primary N) is 3. The van der Waals surface area contributed by atoms with Crippen LogP contribution in [0.2, 0.25) is 0 Å². The van der Waals surface area contributed by atoms with E-state index in [2.05, 4.69) is 23.1 Å². The summed E-state index contributed by atoms with van der Waals surface area (Å²) in [5.74, 6) is 0.726. The van der Waals surface area contributed by atoms with Gasteiger partial charge in [0.25, 0.3) is 0 Å². The first-order valence-corrected chi connectivity index (χ1v) is 5.15. The Kier molecular flexibility index (Phi) is 3.11. The molecular weight excluding hydrogens is 169 g/mol. The molecule has 12 heavy (non-hydrogen) atoms. The van der Waals surface area contributed by atoms with Crippen LogP contribution in [0, 0.1) is 11.8 Å². The maximum Gasteiger partial charge on any atom is 0.0158 e. The Balaban J connectivity index is 2.76. The van der Waals surface area contributed by atoms with E-state index in [1.54, 1.807) is 0 Å². The molecule has 0 heterocycles. The van der Waals surface area contributed by atoms with Gasteiger partial charge in [-0.1, -0.05) is 13.8 Å². The molecule has 1 rings (SSSR count). The zero-order chi connectivity index (χ0) is 9.46. The highest BCUT2D eigenvalue weighted by molar-refractivity contribution is 7.17. The first-order valence-electron chi connectivity index (χ1n) is 4.49. The highest BCUT2D eigenvalue weighted by Crippen LogP contribution is 2.30. The highest BCUT2D eigenvalue weighted by atomic mass is 31.0. The molecule has 0 aromatic carbocycles. The summed E-state index contributed by atoms with van der Waals surface area (Å²) in [6.07, 6.45) is 0. The van der Waals surface area contributed by atoms with Crippen LogP contribution >= 0.6 is 9.24 Å². The third-order valence-corrected chi connectivity index (χ3v) is 4.21. The molecule has 0 saturated heterocycles. The van der Waals surface area contributed by atoms with E-state index in [-0.39, 0.29) is 18.1 Å². The Morgan fingerprint density at radius 3 is 1.50 bits per heavy atom. The van der Waals surface area contributed by atoms with Crippen molar-refractivity contribution in [3.63, 3.8) is 0 Å². The molecule has 4 heteroatoms. The molecule has 1 fully saturated rings. The van der Waals surface area contributed by atoms with Crippen LogP contribution < -0.4 is 17.2 Å². The molecule has 1 aliphatic rings. The maximum absolute atomic E-state index is 6.00. The average molecular weight is 189 g/mol. The summed E-state index contributed by atoms with van der Waals surface area (Å²) in [6.45, 7) is 4.21. The minimum Gasteiger partial charge on any atom is -0.327 e. The van der Waals surface area contributed by atoms with Gasteiger partial charge in [-0.05, 0) is 11.8 Å². The molecule has 6 N–H and O–H groups in total. The Bertz CT molecular complexity index is 106. The summed E-state index contributed by atoms with van der Waals surface area (Å²) in [6, 6.07) is 0.388. The second kappa shape index (κ2) is 3.59. The molecule has 1 aliphatic carbocycles. The third-order valence-electron chi connectivity index (χ3n) is 3.32. The van der Waals surface area contributed by atoms with Crippen molar-refractivity contribution in [1.82, 2.24) is 0 Å². The van der Waals surface area contributed by atoms with Crippen molar-refractivity contribution in [2.75, 3.05) is 0 Å². The second-order valence-electron chi connectivity index (χ2n) is 4.03. The molecular formula is C8H20N3P. The lowest BCUT2D eigenvalue weighted by atomic mass is 9.73. The summed E-state index contributed by atoms with van der Waals surface area (Å²) in [5, 5.41) is 0. The number of hydrogen-bond acceptors (Lipinski definition) is 3. The minimum atomic E-state index is 0.121. The van der Waals surface area contributed by atoms with Gasteiger partial charge in [-0.2, -0.15) is 0 Å². The lowest BCUT2D eigenvalue weighted by molar-refractivity contribution is 0.199. The fraction of sp³-hybridized carbons (Fsp3) is 1.00. The van der Waals surface area contributed by atoms with Gasteiger partial charge < -0.3 is 17.2 Å². The number of rotatable bonds is 0. The van der Waals surface area contributed by atoms with Crippen LogP contribution in [0.15, 0.2) is 0 Å². The fourth-order valence-electron chi connectivity index (χ4n) is 1.95. The zero-order valence-corrected chi connectivity index (χ0v) is 8.93. The van der Waals surface area contributed by atoms with E-state index in [0.717, 1.165) is 0 Å². The second-order valence-corrected chi connectivity index (χ2v) is 4.80. The predicted octanol–water partition coefficient (Wildman–Crippen LogP) is -0.502. The molecule has 3 nitrogen and oxygen atoms in total. The third kappa shape index (κ3) is 1.51. The Hall–Kier alpha value is 0.310. The molecule has 0 amide bonds. The predicted molar refractivity (Wildman–Crippen MR) is 55.8 cm³/mol. The van der Waals surface area contributed by atoms with E-state index >= 15 is 0 Å². The monoisotopic (exact) mass is 189 g/mol. The lowest BCUT2D eigenvalue weighted by Crippen LogP contribution is -2.63. The Labute approximate surface area is 76.6 Å². The molecule has 1 saturated carbocycles. The van der Waals surface area contributed by atoms with Gasteiger partial charge in [0.2, 0.25) is 0 Å². The van der Waals surface area contributed by atoms with Crippen molar-refractivity contribution in [1.29, 1.82) is 0 Å². The average Bonchev–Trinajstić information content (AvgIpc) is 2.08. The van der Waals surface area contributed by atoms with Crippen LogP contribution in [0.3, 0.4) is 0 Å². The van der Waals surface area contributed by atoms with E-state index in [0.29, 0.717) is 17.5 Å². The molecule has 0 spiro atoms. The summed E-state index contributed by atoms with van der Waals surface area (Å²) in [7, 11) is 2.74. The largest absolute Gasteiger partial charge is 0.327 e. The van der Waals surface area contributed by atoms with Crippen LogP contribution in [0.5, 0.6) is 0 Å². The first kappa shape index (κ1) is 10.4. The van der Waals surface area contributed by atoms with Crippen molar-refractivity contribution >= 4 is 9.24 Å². The summed E-state index contributed by atoms with van der Waals surface area (Å²) < 4.78 is 0. The topological polar surface area (TPSA) is 78.1 Å². The van der Waals surface area contributed by atoms with Crippen LogP contribution in [-0.4, -0.2) is 23.8 Å². The molecule has 0 aromatic rings. The fourth-order valence-corrected chi connectivity index (χ4v) is 2.65. The van der Waals surface area contributed by atoms with Crippen LogP contribution in [-0.2, 0) is 0 Å². The van der Waals surface area contributed by atoms with Gasteiger partial charge in [-0.15, -0.1) is 9.24 Å². The molecule has 0 radical (unpaired) electrons. The van der Waals surface area contributed by atoms with Crippen molar-refractivity contribution in [3.05, 3.63) is 0 Å². The summed E-state index contributed by atoms with van der Waals surface area (Å²) in [5.41, 5.74) is 18.3. The summed E-state index contributed by atoms with van der Waals surface area (Å²) in [4.78, 5) is 0. The lowest BCUT2D eigenvalue weighted by Gasteiger charge is -2.44. The molecule has 0 aromatic heterocycles. The summed E-state index contributed by atoms with van der Waals surface area (Å²) >= 11 is 0. The number of hydrogen-bond donors (Lipinski definition) is 3. The maximum atomic E-state index is 6.00. The van der Waals surface area contributed by atoms with Gasteiger partial charge in [-0.3, -0.25) is 0 Å². The van der Waals surface area contributed by atoms with Crippen molar-refractivity contribution in [2.24, 2.45) is 29.0 Å².